The average Bonchev–Trinajstić information content (AvgIpc) is 2.91. The van der Waals surface area contributed by atoms with Crippen molar-refractivity contribution in [3.8, 4) is 0 Å². The SMILES string of the molecule is CC(C)C[C@@H](N)C(=O)NNC(=O)C1CCN(C(=O)CN(CCN(CC(=O)O)CC(=O)O)CCN(CC(=O)O)CC(=O)O)CC1. The Balaban J connectivity index is 2.80. The monoisotopic (exact) mass is 631 g/mol. The van der Waals surface area contributed by atoms with Gasteiger partial charge in [-0.3, -0.25) is 59.1 Å². The smallest absolute Gasteiger partial charge is 0.317 e. The zero-order chi connectivity index (χ0) is 33.4. The van der Waals surface area contributed by atoms with Gasteiger partial charge in [-0.2, -0.15) is 0 Å². The number of carbonyl (C=O) groups is 7. The maximum Gasteiger partial charge on any atom is 0.317 e. The number of hydrogen-bond donors (Lipinski definition) is 7. The predicted molar refractivity (Wildman–Crippen MR) is 153 cm³/mol. The zero-order valence-electron chi connectivity index (χ0n) is 25.1. The molecule has 1 rings (SSSR count). The van der Waals surface area contributed by atoms with Crippen molar-refractivity contribution in [1.82, 2.24) is 30.5 Å². The Bertz CT molecular complexity index is 946. The number of rotatable bonds is 20. The number of aliphatic carboxylic acids is 4. The second kappa shape index (κ2) is 19.4. The van der Waals surface area contributed by atoms with Crippen molar-refractivity contribution in [2.75, 3.05) is 72.0 Å². The second-order valence-electron chi connectivity index (χ2n) is 11.1. The highest BCUT2D eigenvalue weighted by Crippen LogP contribution is 2.17. The van der Waals surface area contributed by atoms with Gasteiger partial charge in [-0.05, 0) is 25.2 Å². The Morgan fingerprint density at radius 3 is 1.50 bits per heavy atom. The molecule has 0 aromatic rings. The van der Waals surface area contributed by atoms with Gasteiger partial charge >= 0.3 is 23.9 Å². The second-order valence-corrected chi connectivity index (χ2v) is 11.1. The van der Waals surface area contributed by atoms with E-state index in [1.807, 2.05) is 13.8 Å². The minimum Gasteiger partial charge on any atom is -0.480 e. The lowest BCUT2D eigenvalue weighted by atomic mass is 9.96. The van der Waals surface area contributed by atoms with Crippen molar-refractivity contribution >= 4 is 41.6 Å². The first-order valence-electron chi connectivity index (χ1n) is 14.2. The molecule has 0 aromatic heterocycles. The topological polar surface area (TPSA) is 263 Å². The van der Waals surface area contributed by atoms with Crippen LogP contribution < -0.4 is 16.6 Å². The summed E-state index contributed by atoms with van der Waals surface area (Å²) in [5.41, 5.74) is 10.5. The van der Waals surface area contributed by atoms with Gasteiger partial charge in [0.05, 0.1) is 38.8 Å². The van der Waals surface area contributed by atoms with Crippen LogP contribution in [0.5, 0.6) is 0 Å². The molecule has 1 fully saturated rings. The molecule has 0 unspecified atom stereocenters. The summed E-state index contributed by atoms with van der Waals surface area (Å²) in [5.74, 6) is -6.47. The Kier molecular flexibility index (Phi) is 16.8. The number of piperidine rings is 1. The van der Waals surface area contributed by atoms with E-state index in [2.05, 4.69) is 10.9 Å². The number of carboxylic acid groups (broad SMARTS) is 4. The van der Waals surface area contributed by atoms with E-state index < -0.39 is 73.8 Å². The van der Waals surface area contributed by atoms with Crippen molar-refractivity contribution in [2.24, 2.45) is 17.6 Å². The molecule has 1 aliphatic rings. The van der Waals surface area contributed by atoms with Gasteiger partial charge in [0, 0.05) is 45.2 Å². The number of carbonyl (C=O) groups excluding carboxylic acids is 3. The summed E-state index contributed by atoms with van der Waals surface area (Å²) in [7, 11) is 0. The van der Waals surface area contributed by atoms with Gasteiger partial charge in [0.2, 0.25) is 11.8 Å². The number of nitrogens with two attached hydrogens (primary N) is 1. The van der Waals surface area contributed by atoms with Gasteiger partial charge in [0.15, 0.2) is 0 Å². The van der Waals surface area contributed by atoms with E-state index in [9.17, 15) is 33.6 Å². The van der Waals surface area contributed by atoms with Crippen LogP contribution in [0.4, 0.5) is 0 Å². The van der Waals surface area contributed by atoms with Crippen LogP contribution in [-0.2, 0) is 33.6 Å². The van der Waals surface area contributed by atoms with E-state index in [-0.39, 0.29) is 57.6 Å². The van der Waals surface area contributed by atoms with Crippen LogP contribution >= 0.6 is 0 Å². The van der Waals surface area contributed by atoms with Crippen molar-refractivity contribution in [3.63, 3.8) is 0 Å². The van der Waals surface area contributed by atoms with E-state index >= 15 is 0 Å². The van der Waals surface area contributed by atoms with Gasteiger partial charge in [-0.15, -0.1) is 0 Å². The fraction of sp³-hybridized carbons (Fsp3) is 0.731. The summed E-state index contributed by atoms with van der Waals surface area (Å²) in [6, 6.07) is -0.765. The van der Waals surface area contributed by atoms with Crippen LogP contribution in [0.25, 0.3) is 0 Å². The molecule has 1 aliphatic heterocycles. The van der Waals surface area contributed by atoms with Gasteiger partial charge in [0.1, 0.15) is 0 Å². The molecule has 1 atom stereocenters. The zero-order valence-corrected chi connectivity index (χ0v) is 25.1. The molecule has 8 N–H and O–H groups in total. The van der Waals surface area contributed by atoms with Gasteiger partial charge < -0.3 is 31.1 Å². The molecule has 1 saturated heterocycles. The average molecular weight is 632 g/mol. The number of hydrazine groups is 1. The Hall–Kier alpha value is -3.87. The number of carboxylic acids is 4. The van der Waals surface area contributed by atoms with E-state index in [0.717, 1.165) is 9.80 Å². The van der Waals surface area contributed by atoms with Crippen molar-refractivity contribution in [1.29, 1.82) is 0 Å². The lowest BCUT2D eigenvalue weighted by molar-refractivity contribution is -0.143. The molecule has 0 aromatic carbocycles. The maximum absolute atomic E-state index is 13.2. The van der Waals surface area contributed by atoms with Crippen LogP contribution in [0.1, 0.15) is 33.1 Å². The van der Waals surface area contributed by atoms with Crippen LogP contribution in [0, 0.1) is 11.8 Å². The Morgan fingerprint density at radius 2 is 1.11 bits per heavy atom. The summed E-state index contributed by atoms with van der Waals surface area (Å²) in [4.78, 5) is 87.9. The molecule has 1 heterocycles. The highest BCUT2D eigenvalue weighted by Gasteiger charge is 2.29. The molecule has 0 bridgehead atoms. The Labute approximate surface area is 255 Å². The molecule has 44 heavy (non-hydrogen) atoms. The van der Waals surface area contributed by atoms with E-state index in [1.54, 1.807) is 4.90 Å². The number of amides is 3. The largest absolute Gasteiger partial charge is 0.480 e. The summed E-state index contributed by atoms with van der Waals surface area (Å²) in [5, 5.41) is 36.5. The van der Waals surface area contributed by atoms with E-state index in [4.69, 9.17) is 26.2 Å². The van der Waals surface area contributed by atoms with Crippen LogP contribution in [-0.4, -0.2) is 160 Å². The minimum absolute atomic E-state index is 0.0395. The molecule has 18 heteroatoms. The molecule has 3 amide bonds. The van der Waals surface area contributed by atoms with Crippen LogP contribution in [0.2, 0.25) is 0 Å². The highest BCUT2D eigenvalue weighted by atomic mass is 16.4. The molecule has 250 valence electrons. The third-order valence-corrected chi connectivity index (χ3v) is 6.85. The maximum atomic E-state index is 13.2. The lowest BCUT2D eigenvalue weighted by Crippen LogP contribution is -2.53. The molecule has 0 radical (unpaired) electrons. The van der Waals surface area contributed by atoms with Crippen LogP contribution in [0.15, 0.2) is 0 Å². The van der Waals surface area contributed by atoms with E-state index in [1.165, 1.54) is 4.90 Å². The number of nitrogens with one attached hydrogen (secondary N) is 2. The molecule has 18 nitrogen and oxygen atoms in total. The minimum atomic E-state index is -1.24. The molecular weight excluding hydrogens is 586 g/mol. The highest BCUT2D eigenvalue weighted by molar-refractivity contribution is 5.86. The van der Waals surface area contributed by atoms with Crippen LogP contribution in [0.3, 0.4) is 0 Å². The third-order valence-electron chi connectivity index (χ3n) is 6.85. The number of nitrogens with zero attached hydrogens (tertiary/aromatic N) is 4. The standard InChI is InChI=1S/C26H45N7O11/c1-17(2)11-19(27)26(44)29-28-25(43)18-3-5-33(6-4-18)20(34)12-30(7-9-31(13-21(35)36)14-22(37)38)8-10-32(15-23(39)40)16-24(41)42/h17-19H,3-16,27H2,1-2H3,(H,28,43)(H,29,44)(H,35,36)(H,37,38)(H,39,40)(H,41,42)/t19-/m1/s1. The molecular formula is C26H45N7O11. The van der Waals surface area contributed by atoms with Crippen molar-refractivity contribution < 1.29 is 54.0 Å². The summed E-state index contributed by atoms with van der Waals surface area (Å²) in [6.07, 6.45) is 1.09. The fourth-order valence-corrected chi connectivity index (χ4v) is 4.64. The molecule has 0 spiro atoms. The first-order chi connectivity index (χ1) is 20.6. The first kappa shape index (κ1) is 38.2. The molecule has 0 aliphatic carbocycles. The van der Waals surface area contributed by atoms with Crippen molar-refractivity contribution in [3.05, 3.63) is 0 Å². The normalized spacial score (nSPS) is 14.6. The molecule has 0 saturated carbocycles. The van der Waals surface area contributed by atoms with Gasteiger partial charge in [0.25, 0.3) is 5.91 Å². The third kappa shape index (κ3) is 16.1. The number of likely N-dealkylation sites (tertiary alicyclic amines) is 1. The first-order valence-corrected chi connectivity index (χ1v) is 14.2. The summed E-state index contributed by atoms with van der Waals surface area (Å²) in [6.45, 7) is 1.88. The van der Waals surface area contributed by atoms with E-state index in [0.29, 0.717) is 19.3 Å². The fourth-order valence-electron chi connectivity index (χ4n) is 4.64. The summed E-state index contributed by atoms with van der Waals surface area (Å²) >= 11 is 0. The quantitative estimate of drug-likeness (QED) is 0.0660. The lowest BCUT2D eigenvalue weighted by Gasteiger charge is -2.34. The Morgan fingerprint density at radius 1 is 0.705 bits per heavy atom. The predicted octanol–water partition coefficient (Wildman–Crippen LogP) is -3.01. The van der Waals surface area contributed by atoms with Crippen molar-refractivity contribution in [2.45, 2.75) is 39.2 Å². The summed E-state index contributed by atoms with van der Waals surface area (Å²) < 4.78 is 0. The van der Waals surface area contributed by atoms with Gasteiger partial charge in [-0.25, -0.2) is 0 Å². The number of hydrogen-bond acceptors (Lipinski definition) is 11. The van der Waals surface area contributed by atoms with Gasteiger partial charge in [-0.1, -0.05) is 13.8 Å².